The van der Waals surface area contributed by atoms with Gasteiger partial charge in [-0.05, 0) is 42.7 Å². The monoisotopic (exact) mass is 274 g/mol. The highest BCUT2D eigenvalue weighted by Crippen LogP contribution is 2.68. The molecular weight excluding hydrogens is 248 g/mol. The van der Waals surface area contributed by atoms with Gasteiger partial charge in [0.15, 0.2) is 0 Å². The first-order valence-corrected chi connectivity index (χ1v) is 7.47. The van der Waals surface area contributed by atoms with E-state index in [9.17, 15) is 4.79 Å². The van der Waals surface area contributed by atoms with Crippen LogP contribution >= 0.6 is 0 Å². The molecule has 1 heterocycles. The van der Waals surface area contributed by atoms with Gasteiger partial charge in [0.05, 0.1) is 0 Å². The molecule has 1 N–H and O–H groups in total. The molecule has 1 saturated carbocycles. The first-order chi connectivity index (χ1) is 9.26. The molecule has 0 aromatic carbocycles. The van der Waals surface area contributed by atoms with E-state index < -0.39 is 0 Å². The molecule has 1 fully saturated rings. The Kier molecular flexibility index (Phi) is 3.90. The zero-order valence-electron chi connectivity index (χ0n) is 13.3. The van der Waals surface area contributed by atoms with E-state index in [2.05, 4.69) is 38.0 Å². The quantitative estimate of drug-likeness (QED) is 0.838. The summed E-state index contributed by atoms with van der Waals surface area (Å²) in [5.41, 5.74) is 2.39. The summed E-state index contributed by atoms with van der Waals surface area (Å²) < 4.78 is 0. The zero-order valence-corrected chi connectivity index (χ0v) is 13.3. The van der Waals surface area contributed by atoms with Crippen LogP contribution in [0.2, 0.25) is 0 Å². The smallest absolute Gasteiger partial charge is 0.224 e. The lowest BCUT2D eigenvalue weighted by molar-refractivity contribution is -0.123. The zero-order chi connectivity index (χ0) is 15.0. The lowest BCUT2D eigenvalue weighted by Crippen LogP contribution is -2.28. The molecule has 3 heteroatoms. The van der Waals surface area contributed by atoms with Gasteiger partial charge >= 0.3 is 0 Å². The average Bonchev–Trinajstić information content (AvgIpc) is 2.75. The van der Waals surface area contributed by atoms with Crippen molar-refractivity contribution in [1.82, 2.24) is 10.3 Å². The summed E-state index contributed by atoms with van der Waals surface area (Å²) in [7, 11) is 0. The standard InChI is InChI=1S/C17H26N2O/c1-12-8-6-9-13(19-12)10-7-11-18-15(20)14-16(2,3)17(14,4)5/h6,8-9,14H,7,10-11H2,1-5H3,(H,18,20). The summed E-state index contributed by atoms with van der Waals surface area (Å²) >= 11 is 0. The van der Waals surface area contributed by atoms with Crippen molar-refractivity contribution in [3.8, 4) is 0 Å². The Hall–Kier alpha value is -1.38. The number of hydrogen-bond donors (Lipinski definition) is 1. The van der Waals surface area contributed by atoms with Crippen LogP contribution in [0.1, 0.15) is 45.5 Å². The maximum absolute atomic E-state index is 12.2. The van der Waals surface area contributed by atoms with Gasteiger partial charge in [-0.1, -0.05) is 33.8 Å². The maximum Gasteiger partial charge on any atom is 0.224 e. The van der Waals surface area contributed by atoms with E-state index >= 15 is 0 Å². The number of rotatable bonds is 5. The van der Waals surface area contributed by atoms with Crippen molar-refractivity contribution >= 4 is 5.91 Å². The number of nitrogens with zero attached hydrogens (tertiary/aromatic N) is 1. The van der Waals surface area contributed by atoms with E-state index in [0.717, 1.165) is 30.8 Å². The second-order valence-corrected chi connectivity index (χ2v) is 7.04. The summed E-state index contributed by atoms with van der Waals surface area (Å²) in [6.45, 7) is 11.4. The molecule has 3 nitrogen and oxygen atoms in total. The van der Waals surface area contributed by atoms with Crippen molar-refractivity contribution in [1.29, 1.82) is 0 Å². The Morgan fingerprint density at radius 3 is 2.45 bits per heavy atom. The fraction of sp³-hybridized carbons (Fsp3) is 0.647. The molecule has 1 aliphatic carbocycles. The van der Waals surface area contributed by atoms with Crippen LogP contribution in [0.3, 0.4) is 0 Å². The van der Waals surface area contributed by atoms with Crippen molar-refractivity contribution in [3.05, 3.63) is 29.6 Å². The first-order valence-electron chi connectivity index (χ1n) is 7.47. The molecule has 110 valence electrons. The SMILES string of the molecule is Cc1cccc(CCCNC(=O)C2C(C)(C)C2(C)C)n1. The fourth-order valence-corrected chi connectivity index (χ4v) is 3.17. The van der Waals surface area contributed by atoms with Crippen LogP contribution in [0.4, 0.5) is 0 Å². The predicted octanol–water partition coefficient (Wildman–Crippen LogP) is 3.12. The van der Waals surface area contributed by atoms with Crippen LogP contribution in [0.15, 0.2) is 18.2 Å². The number of pyridine rings is 1. The van der Waals surface area contributed by atoms with Crippen molar-refractivity contribution in [2.75, 3.05) is 6.54 Å². The Balaban J connectivity index is 1.74. The molecule has 1 aliphatic rings. The van der Waals surface area contributed by atoms with Gasteiger partial charge in [0, 0.05) is 23.9 Å². The minimum Gasteiger partial charge on any atom is -0.356 e. The number of carbonyl (C=O) groups excluding carboxylic acids is 1. The number of aryl methyl sites for hydroxylation is 2. The average molecular weight is 274 g/mol. The van der Waals surface area contributed by atoms with Crippen molar-refractivity contribution in [2.45, 2.75) is 47.5 Å². The fourth-order valence-electron chi connectivity index (χ4n) is 3.17. The van der Waals surface area contributed by atoms with Crippen LogP contribution < -0.4 is 5.32 Å². The van der Waals surface area contributed by atoms with Crippen LogP contribution in [0, 0.1) is 23.7 Å². The summed E-state index contributed by atoms with van der Waals surface area (Å²) in [5, 5.41) is 3.07. The van der Waals surface area contributed by atoms with Gasteiger partial charge in [-0.3, -0.25) is 9.78 Å². The molecule has 20 heavy (non-hydrogen) atoms. The topological polar surface area (TPSA) is 42.0 Å². The molecule has 0 spiro atoms. The molecule has 1 aromatic heterocycles. The minimum atomic E-state index is 0.120. The van der Waals surface area contributed by atoms with Gasteiger partial charge in [0.1, 0.15) is 0 Å². The van der Waals surface area contributed by atoms with Crippen LogP contribution in [0.5, 0.6) is 0 Å². The molecule has 0 unspecified atom stereocenters. The molecule has 0 aliphatic heterocycles. The Labute approximate surface area is 122 Å². The van der Waals surface area contributed by atoms with Gasteiger partial charge in [-0.25, -0.2) is 0 Å². The first kappa shape index (κ1) is 15.0. The van der Waals surface area contributed by atoms with Gasteiger partial charge in [-0.15, -0.1) is 0 Å². The normalized spacial score (nSPS) is 19.6. The summed E-state index contributed by atoms with van der Waals surface area (Å²) in [6.07, 6.45) is 1.86. The third kappa shape index (κ3) is 2.72. The van der Waals surface area contributed by atoms with E-state index in [4.69, 9.17) is 0 Å². The summed E-state index contributed by atoms with van der Waals surface area (Å²) in [6, 6.07) is 6.08. The molecular formula is C17H26N2O. The maximum atomic E-state index is 12.2. The Morgan fingerprint density at radius 2 is 1.90 bits per heavy atom. The third-order valence-electron chi connectivity index (χ3n) is 5.14. The molecule has 0 saturated heterocycles. The van der Waals surface area contributed by atoms with E-state index in [1.807, 2.05) is 25.1 Å². The minimum absolute atomic E-state index is 0.120. The van der Waals surface area contributed by atoms with Gasteiger partial charge in [0.2, 0.25) is 5.91 Å². The number of amides is 1. The van der Waals surface area contributed by atoms with Crippen LogP contribution in [-0.2, 0) is 11.2 Å². The highest BCUT2D eigenvalue weighted by molar-refractivity contribution is 5.84. The molecule has 0 atom stereocenters. The predicted molar refractivity (Wildman–Crippen MR) is 81.4 cm³/mol. The van der Waals surface area contributed by atoms with E-state index in [1.54, 1.807) is 0 Å². The number of aromatic nitrogens is 1. The van der Waals surface area contributed by atoms with E-state index in [1.165, 1.54) is 0 Å². The number of carbonyl (C=O) groups is 1. The van der Waals surface area contributed by atoms with Crippen molar-refractivity contribution in [3.63, 3.8) is 0 Å². The van der Waals surface area contributed by atoms with Gasteiger partial charge in [-0.2, -0.15) is 0 Å². The second kappa shape index (κ2) is 5.19. The summed E-state index contributed by atoms with van der Waals surface area (Å²) in [5.74, 6) is 0.351. The Bertz CT molecular complexity index is 491. The van der Waals surface area contributed by atoms with Gasteiger partial charge < -0.3 is 5.32 Å². The van der Waals surface area contributed by atoms with Crippen molar-refractivity contribution in [2.24, 2.45) is 16.7 Å². The highest BCUT2D eigenvalue weighted by Gasteiger charge is 2.68. The molecule has 2 rings (SSSR count). The van der Waals surface area contributed by atoms with Gasteiger partial charge in [0.25, 0.3) is 0 Å². The molecule has 1 amide bonds. The van der Waals surface area contributed by atoms with E-state index in [-0.39, 0.29) is 22.7 Å². The van der Waals surface area contributed by atoms with Crippen molar-refractivity contribution < 1.29 is 4.79 Å². The molecule has 1 aromatic rings. The molecule has 0 bridgehead atoms. The third-order valence-corrected chi connectivity index (χ3v) is 5.14. The lowest BCUT2D eigenvalue weighted by atomic mass is 10.0. The number of nitrogens with one attached hydrogen (secondary N) is 1. The summed E-state index contributed by atoms with van der Waals surface area (Å²) in [4.78, 5) is 16.6. The number of hydrogen-bond acceptors (Lipinski definition) is 2. The van der Waals surface area contributed by atoms with Crippen LogP contribution in [0.25, 0.3) is 0 Å². The second-order valence-electron chi connectivity index (χ2n) is 7.04. The van der Waals surface area contributed by atoms with E-state index in [0.29, 0.717) is 0 Å². The highest BCUT2D eigenvalue weighted by atomic mass is 16.2. The molecule has 0 radical (unpaired) electrons. The lowest BCUT2D eigenvalue weighted by Gasteiger charge is -2.06. The largest absolute Gasteiger partial charge is 0.356 e. The van der Waals surface area contributed by atoms with Crippen LogP contribution in [-0.4, -0.2) is 17.4 Å². The Morgan fingerprint density at radius 1 is 1.25 bits per heavy atom.